The second-order valence-corrected chi connectivity index (χ2v) is 5.60. The maximum atomic E-state index is 8.82. The molecule has 18 heavy (non-hydrogen) atoms. The highest BCUT2D eigenvalue weighted by Gasteiger charge is 2.12. The third-order valence-corrected chi connectivity index (χ3v) is 3.70. The Morgan fingerprint density at radius 1 is 1.17 bits per heavy atom. The lowest BCUT2D eigenvalue weighted by Crippen LogP contribution is -2.42. The molecular weight excluding hydrogens is 226 g/mol. The first kappa shape index (κ1) is 15.9. The van der Waals surface area contributed by atoms with Gasteiger partial charge in [0.25, 0.3) is 0 Å². The van der Waals surface area contributed by atoms with Gasteiger partial charge in [-0.3, -0.25) is 0 Å². The van der Waals surface area contributed by atoms with E-state index in [2.05, 4.69) is 29.1 Å². The Hall–Kier alpha value is -0.160. The van der Waals surface area contributed by atoms with Crippen LogP contribution in [-0.4, -0.2) is 73.9 Å². The Morgan fingerprint density at radius 3 is 2.44 bits per heavy atom. The average molecular weight is 257 g/mol. The Morgan fingerprint density at radius 2 is 1.83 bits per heavy atom. The Kier molecular flexibility index (Phi) is 8.59. The van der Waals surface area contributed by atoms with Gasteiger partial charge in [0.2, 0.25) is 0 Å². The minimum Gasteiger partial charge on any atom is -0.395 e. The van der Waals surface area contributed by atoms with Gasteiger partial charge >= 0.3 is 0 Å². The van der Waals surface area contributed by atoms with E-state index in [-0.39, 0.29) is 6.61 Å². The van der Waals surface area contributed by atoms with Gasteiger partial charge in [-0.25, -0.2) is 0 Å². The second-order valence-electron chi connectivity index (χ2n) is 5.60. The Bertz CT molecular complexity index is 193. The molecule has 0 spiro atoms. The van der Waals surface area contributed by atoms with Gasteiger partial charge in [0, 0.05) is 32.2 Å². The van der Waals surface area contributed by atoms with Crippen molar-refractivity contribution in [3.63, 3.8) is 0 Å². The molecular formula is C14H31N3O. The summed E-state index contributed by atoms with van der Waals surface area (Å²) in [6.45, 7) is 9.02. The molecule has 0 aliphatic carbocycles. The number of hydrogen-bond donors (Lipinski definition) is 2. The minimum atomic E-state index is 0.250. The van der Waals surface area contributed by atoms with E-state index in [0.29, 0.717) is 6.04 Å². The molecule has 4 nitrogen and oxygen atoms in total. The van der Waals surface area contributed by atoms with E-state index in [1.165, 1.54) is 45.3 Å². The molecule has 1 atom stereocenters. The third kappa shape index (κ3) is 7.31. The average Bonchev–Trinajstić information content (AvgIpc) is 2.58. The highest BCUT2D eigenvalue weighted by Crippen LogP contribution is 2.09. The standard InChI is InChI=1S/C14H31N3O/c1-14(15-7-10-16(2)11-12-18)13-17-8-5-3-4-6-9-17/h14-15,18H,3-13H2,1-2H3/t14-/m0/s1. The fourth-order valence-electron chi connectivity index (χ4n) is 2.55. The zero-order valence-corrected chi connectivity index (χ0v) is 12.2. The molecule has 1 saturated heterocycles. The summed E-state index contributed by atoms with van der Waals surface area (Å²) >= 11 is 0. The molecule has 1 aliphatic heterocycles. The van der Waals surface area contributed by atoms with E-state index >= 15 is 0 Å². The van der Waals surface area contributed by atoms with Gasteiger partial charge in [-0.15, -0.1) is 0 Å². The number of nitrogens with one attached hydrogen (secondary N) is 1. The largest absolute Gasteiger partial charge is 0.395 e. The lowest BCUT2D eigenvalue weighted by Gasteiger charge is -2.25. The van der Waals surface area contributed by atoms with Gasteiger partial charge in [0.05, 0.1) is 6.61 Å². The van der Waals surface area contributed by atoms with Crippen LogP contribution in [0.2, 0.25) is 0 Å². The van der Waals surface area contributed by atoms with Gasteiger partial charge in [-0.2, -0.15) is 0 Å². The van der Waals surface area contributed by atoms with Crippen LogP contribution in [0.3, 0.4) is 0 Å². The van der Waals surface area contributed by atoms with Crippen molar-refractivity contribution in [2.24, 2.45) is 0 Å². The normalized spacial score (nSPS) is 20.0. The second kappa shape index (κ2) is 9.73. The molecule has 1 fully saturated rings. The van der Waals surface area contributed by atoms with Gasteiger partial charge < -0.3 is 20.2 Å². The first-order chi connectivity index (χ1) is 8.72. The van der Waals surface area contributed by atoms with E-state index in [4.69, 9.17) is 5.11 Å². The lowest BCUT2D eigenvalue weighted by molar-refractivity contribution is 0.215. The van der Waals surface area contributed by atoms with Crippen LogP contribution < -0.4 is 5.32 Å². The van der Waals surface area contributed by atoms with Gasteiger partial charge in [-0.05, 0) is 39.9 Å². The summed E-state index contributed by atoms with van der Waals surface area (Å²) in [6, 6.07) is 0.561. The molecule has 1 heterocycles. The number of aliphatic hydroxyl groups excluding tert-OH is 1. The van der Waals surface area contributed by atoms with Crippen molar-refractivity contribution in [2.75, 3.05) is 52.9 Å². The van der Waals surface area contributed by atoms with Gasteiger partial charge in [-0.1, -0.05) is 12.8 Å². The maximum absolute atomic E-state index is 8.82. The van der Waals surface area contributed by atoms with Crippen LogP contribution in [0.4, 0.5) is 0 Å². The molecule has 1 aliphatic rings. The van der Waals surface area contributed by atoms with Crippen molar-refractivity contribution in [1.82, 2.24) is 15.1 Å². The lowest BCUT2D eigenvalue weighted by atomic mass is 10.2. The fourth-order valence-corrected chi connectivity index (χ4v) is 2.55. The third-order valence-electron chi connectivity index (χ3n) is 3.70. The van der Waals surface area contributed by atoms with Crippen molar-refractivity contribution in [1.29, 1.82) is 0 Å². The minimum absolute atomic E-state index is 0.250. The molecule has 0 aromatic heterocycles. The first-order valence-corrected chi connectivity index (χ1v) is 7.47. The Labute approximate surface area is 112 Å². The van der Waals surface area contributed by atoms with Crippen molar-refractivity contribution in [3.05, 3.63) is 0 Å². The summed E-state index contributed by atoms with van der Waals surface area (Å²) in [7, 11) is 2.05. The van der Waals surface area contributed by atoms with E-state index in [9.17, 15) is 0 Å². The number of rotatable bonds is 8. The SMILES string of the molecule is C[C@@H](CN1CCCCCC1)NCCN(C)CCO. The van der Waals surface area contributed by atoms with E-state index < -0.39 is 0 Å². The van der Waals surface area contributed by atoms with Crippen molar-refractivity contribution >= 4 is 0 Å². The van der Waals surface area contributed by atoms with Crippen LogP contribution in [0.15, 0.2) is 0 Å². The number of likely N-dealkylation sites (tertiary alicyclic amines) is 1. The molecule has 2 N–H and O–H groups in total. The highest BCUT2D eigenvalue weighted by atomic mass is 16.3. The van der Waals surface area contributed by atoms with Gasteiger partial charge in [0.1, 0.15) is 0 Å². The van der Waals surface area contributed by atoms with Crippen LogP contribution >= 0.6 is 0 Å². The molecule has 0 saturated carbocycles. The summed E-state index contributed by atoms with van der Waals surface area (Å²) < 4.78 is 0. The number of hydrogen-bond acceptors (Lipinski definition) is 4. The molecule has 0 bridgehead atoms. The molecule has 0 unspecified atom stereocenters. The molecule has 0 aromatic rings. The smallest absolute Gasteiger partial charge is 0.0558 e. The summed E-state index contributed by atoms with van der Waals surface area (Å²) in [6.07, 6.45) is 5.55. The summed E-state index contributed by atoms with van der Waals surface area (Å²) in [5.41, 5.74) is 0. The molecule has 4 heteroatoms. The number of likely N-dealkylation sites (N-methyl/N-ethyl adjacent to an activating group) is 1. The fraction of sp³-hybridized carbons (Fsp3) is 1.00. The summed E-state index contributed by atoms with van der Waals surface area (Å²) in [5, 5.41) is 12.4. The highest BCUT2D eigenvalue weighted by molar-refractivity contribution is 4.70. The van der Waals surface area contributed by atoms with Crippen molar-refractivity contribution in [2.45, 2.75) is 38.6 Å². The van der Waals surface area contributed by atoms with E-state index in [1.807, 2.05) is 0 Å². The molecule has 0 aromatic carbocycles. The predicted molar refractivity (Wildman–Crippen MR) is 77.0 cm³/mol. The van der Waals surface area contributed by atoms with Crippen molar-refractivity contribution in [3.8, 4) is 0 Å². The Balaban J connectivity index is 2.06. The molecule has 1 rings (SSSR count). The first-order valence-electron chi connectivity index (χ1n) is 7.47. The summed E-state index contributed by atoms with van der Waals surface area (Å²) in [5.74, 6) is 0. The zero-order chi connectivity index (χ0) is 13.2. The number of aliphatic hydroxyl groups is 1. The molecule has 0 radical (unpaired) electrons. The summed E-state index contributed by atoms with van der Waals surface area (Å²) in [4.78, 5) is 4.76. The van der Waals surface area contributed by atoms with Crippen LogP contribution in [0.25, 0.3) is 0 Å². The zero-order valence-electron chi connectivity index (χ0n) is 12.2. The van der Waals surface area contributed by atoms with E-state index in [1.54, 1.807) is 0 Å². The van der Waals surface area contributed by atoms with Crippen molar-refractivity contribution < 1.29 is 5.11 Å². The number of nitrogens with zero attached hydrogens (tertiary/aromatic N) is 2. The van der Waals surface area contributed by atoms with E-state index in [0.717, 1.165) is 19.6 Å². The van der Waals surface area contributed by atoms with Crippen LogP contribution in [0.1, 0.15) is 32.6 Å². The predicted octanol–water partition coefficient (Wildman–Crippen LogP) is 0.765. The van der Waals surface area contributed by atoms with Crippen LogP contribution in [-0.2, 0) is 0 Å². The van der Waals surface area contributed by atoms with Crippen LogP contribution in [0, 0.1) is 0 Å². The molecule has 108 valence electrons. The maximum Gasteiger partial charge on any atom is 0.0558 e. The van der Waals surface area contributed by atoms with Gasteiger partial charge in [0.15, 0.2) is 0 Å². The molecule has 0 amide bonds. The van der Waals surface area contributed by atoms with Crippen LogP contribution in [0.5, 0.6) is 0 Å². The monoisotopic (exact) mass is 257 g/mol. The topological polar surface area (TPSA) is 38.7 Å². The quantitative estimate of drug-likeness (QED) is 0.673.